The molecule has 1 heteroatoms. The van der Waals surface area contributed by atoms with Gasteiger partial charge in [-0.25, -0.2) is 0 Å². The van der Waals surface area contributed by atoms with Crippen molar-refractivity contribution in [2.45, 2.75) is 53.0 Å². The Morgan fingerprint density at radius 2 is 1.76 bits per heavy atom. The summed E-state index contributed by atoms with van der Waals surface area (Å²) in [6.07, 6.45) is 3.57. The molecule has 0 aliphatic rings. The maximum Gasteiger partial charge on any atom is 0.0105 e. The highest BCUT2D eigenvalue weighted by molar-refractivity contribution is 5.15. The van der Waals surface area contributed by atoms with Gasteiger partial charge in [0.2, 0.25) is 0 Å². The zero-order valence-corrected chi connectivity index (χ0v) is 11.8. The van der Waals surface area contributed by atoms with E-state index >= 15 is 0 Å². The van der Waals surface area contributed by atoms with Crippen LogP contribution in [0.5, 0.6) is 0 Å². The third kappa shape index (κ3) is 6.48. The van der Waals surface area contributed by atoms with Gasteiger partial charge >= 0.3 is 0 Å². The highest BCUT2D eigenvalue weighted by Gasteiger charge is 2.11. The fourth-order valence-electron chi connectivity index (χ4n) is 1.91. The lowest BCUT2D eigenvalue weighted by Crippen LogP contribution is -2.33. The highest BCUT2D eigenvalue weighted by atomic mass is 14.9. The van der Waals surface area contributed by atoms with Gasteiger partial charge in [-0.05, 0) is 36.8 Å². The summed E-state index contributed by atoms with van der Waals surface area (Å²) in [5.74, 6) is 0. The minimum absolute atomic E-state index is 0.429. The molecular formula is C16H27N. The van der Waals surface area contributed by atoms with E-state index in [2.05, 4.69) is 63.3 Å². The third-order valence-corrected chi connectivity index (χ3v) is 3.13. The molecule has 1 nitrogen and oxygen atoms in total. The van der Waals surface area contributed by atoms with Crippen molar-refractivity contribution < 1.29 is 0 Å². The molecule has 1 atom stereocenters. The lowest BCUT2D eigenvalue weighted by atomic mass is 9.92. The van der Waals surface area contributed by atoms with E-state index in [0.717, 1.165) is 13.0 Å². The molecule has 1 N–H and O–H groups in total. The Labute approximate surface area is 107 Å². The molecule has 96 valence electrons. The predicted octanol–water partition coefficient (Wildman–Crippen LogP) is 4.03. The summed E-state index contributed by atoms with van der Waals surface area (Å²) in [5.41, 5.74) is 1.86. The van der Waals surface area contributed by atoms with Gasteiger partial charge in [-0.2, -0.15) is 0 Å². The molecule has 1 aromatic rings. The number of hydrogen-bond donors (Lipinski definition) is 1. The average molecular weight is 233 g/mol. The summed E-state index contributed by atoms with van der Waals surface area (Å²) in [6.45, 7) is 10.3. The molecule has 0 amide bonds. The molecule has 0 aromatic heterocycles. The van der Waals surface area contributed by atoms with Gasteiger partial charge < -0.3 is 5.32 Å². The van der Waals surface area contributed by atoms with Gasteiger partial charge in [0, 0.05) is 6.04 Å². The van der Waals surface area contributed by atoms with Gasteiger partial charge in [-0.15, -0.1) is 0 Å². The van der Waals surface area contributed by atoms with Crippen LogP contribution in [0.25, 0.3) is 0 Å². The Bertz CT molecular complexity index is 297. The van der Waals surface area contributed by atoms with E-state index in [9.17, 15) is 0 Å². The number of rotatable bonds is 6. The van der Waals surface area contributed by atoms with Crippen molar-refractivity contribution in [3.63, 3.8) is 0 Å². The molecule has 1 rings (SSSR count). The first kappa shape index (κ1) is 14.2. The Morgan fingerprint density at radius 3 is 2.29 bits per heavy atom. The summed E-state index contributed by atoms with van der Waals surface area (Å²) in [6, 6.07) is 11.4. The second-order valence-corrected chi connectivity index (χ2v) is 6.06. The van der Waals surface area contributed by atoms with Crippen LogP contribution in [0.2, 0.25) is 0 Å². The van der Waals surface area contributed by atoms with Crippen LogP contribution in [0.15, 0.2) is 30.3 Å². The lowest BCUT2D eigenvalue weighted by molar-refractivity contribution is 0.350. The third-order valence-electron chi connectivity index (χ3n) is 3.13. The molecule has 0 aliphatic heterocycles. The van der Waals surface area contributed by atoms with E-state index in [4.69, 9.17) is 0 Å². The Kier molecular flexibility index (Phi) is 5.70. The van der Waals surface area contributed by atoms with E-state index in [1.807, 2.05) is 0 Å². The van der Waals surface area contributed by atoms with Crippen LogP contribution in [-0.4, -0.2) is 12.6 Å². The fourth-order valence-corrected chi connectivity index (χ4v) is 1.91. The molecular weight excluding hydrogens is 206 g/mol. The molecule has 0 saturated heterocycles. The van der Waals surface area contributed by atoms with E-state index in [0.29, 0.717) is 11.5 Å². The minimum Gasteiger partial charge on any atom is -0.314 e. The molecule has 0 fully saturated rings. The van der Waals surface area contributed by atoms with Gasteiger partial charge in [0.25, 0.3) is 0 Å². The quantitative estimate of drug-likeness (QED) is 0.782. The molecule has 1 aromatic carbocycles. The van der Waals surface area contributed by atoms with Crippen molar-refractivity contribution >= 4 is 0 Å². The first-order valence-electron chi connectivity index (χ1n) is 6.78. The Morgan fingerprint density at radius 1 is 1.12 bits per heavy atom. The monoisotopic (exact) mass is 233 g/mol. The average Bonchev–Trinajstić information content (AvgIpc) is 2.27. The number of benzene rings is 1. The standard InChI is InChI=1S/C16H27N/c1-5-15(17-12-11-16(2,3)4)13-14-9-7-6-8-10-14/h6-10,15,17H,5,11-13H2,1-4H3. The highest BCUT2D eigenvalue weighted by Crippen LogP contribution is 2.17. The van der Waals surface area contributed by atoms with Crippen LogP contribution in [0.1, 0.15) is 46.1 Å². The van der Waals surface area contributed by atoms with Crippen LogP contribution < -0.4 is 5.32 Å². The van der Waals surface area contributed by atoms with Gasteiger partial charge in [0.1, 0.15) is 0 Å². The SMILES string of the molecule is CCC(Cc1ccccc1)NCCC(C)(C)C. The van der Waals surface area contributed by atoms with Crippen LogP contribution in [0.4, 0.5) is 0 Å². The van der Waals surface area contributed by atoms with Crippen LogP contribution in [0.3, 0.4) is 0 Å². The summed E-state index contributed by atoms with van der Waals surface area (Å²) >= 11 is 0. The predicted molar refractivity (Wildman–Crippen MR) is 76.3 cm³/mol. The molecule has 0 radical (unpaired) electrons. The van der Waals surface area contributed by atoms with Crippen LogP contribution in [0, 0.1) is 5.41 Å². The first-order valence-corrected chi connectivity index (χ1v) is 6.78. The molecule has 0 heterocycles. The minimum atomic E-state index is 0.429. The van der Waals surface area contributed by atoms with Gasteiger partial charge in [-0.3, -0.25) is 0 Å². The molecule has 0 saturated carbocycles. The van der Waals surface area contributed by atoms with Gasteiger partial charge in [-0.1, -0.05) is 58.0 Å². The van der Waals surface area contributed by atoms with Crippen LogP contribution in [-0.2, 0) is 6.42 Å². The van der Waals surface area contributed by atoms with E-state index in [1.54, 1.807) is 0 Å². The smallest absolute Gasteiger partial charge is 0.0105 e. The lowest BCUT2D eigenvalue weighted by Gasteiger charge is -2.22. The van der Waals surface area contributed by atoms with E-state index < -0.39 is 0 Å². The van der Waals surface area contributed by atoms with Crippen molar-refractivity contribution in [2.75, 3.05) is 6.54 Å². The second-order valence-electron chi connectivity index (χ2n) is 6.06. The molecule has 1 unspecified atom stereocenters. The van der Waals surface area contributed by atoms with Crippen molar-refractivity contribution in [1.82, 2.24) is 5.32 Å². The van der Waals surface area contributed by atoms with Crippen molar-refractivity contribution in [1.29, 1.82) is 0 Å². The maximum absolute atomic E-state index is 3.67. The number of hydrogen-bond acceptors (Lipinski definition) is 1. The van der Waals surface area contributed by atoms with Crippen molar-refractivity contribution in [2.24, 2.45) is 5.41 Å². The van der Waals surface area contributed by atoms with E-state index in [1.165, 1.54) is 18.4 Å². The molecule has 0 bridgehead atoms. The topological polar surface area (TPSA) is 12.0 Å². The Balaban J connectivity index is 2.34. The second kappa shape index (κ2) is 6.80. The normalized spacial score (nSPS) is 13.6. The van der Waals surface area contributed by atoms with Crippen LogP contribution >= 0.6 is 0 Å². The van der Waals surface area contributed by atoms with Gasteiger partial charge in [0.15, 0.2) is 0 Å². The summed E-state index contributed by atoms with van der Waals surface area (Å²) in [7, 11) is 0. The largest absolute Gasteiger partial charge is 0.314 e. The molecule has 0 spiro atoms. The van der Waals surface area contributed by atoms with Crippen molar-refractivity contribution in [3.8, 4) is 0 Å². The first-order chi connectivity index (χ1) is 8.01. The zero-order valence-electron chi connectivity index (χ0n) is 11.8. The maximum atomic E-state index is 3.67. The Hall–Kier alpha value is -0.820. The zero-order chi connectivity index (χ0) is 12.7. The van der Waals surface area contributed by atoms with Gasteiger partial charge in [0.05, 0.1) is 0 Å². The fraction of sp³-hybridized carbons (Fsp3) is 0.625. The summed E-state index contributed by atoms with van der Waals surface area (Å²) < 4.78 is 0. The molecule has 17 heavy (non-hydrogen) atoms. The summed E-state index contributed by atoms with van der Waals surface area (Å²) in [4.78, 5) is 0. The number of nitrogens with one attached hydrogen (secondary N) is 1. The summed E-state index contributed by atoms with van der Waals surface area (Å²) in [5, 5.41) is 3.67. The molecule has 0 aliphatic carbocycles. The van der Waals surface area contributed by atoms with Crippen molar-refractivity contribution in [3.05, 3.63) is 35.9 Å². The van der Waals surface area contributed by atoms with E-state index in [-0.39, 0.29) is 0 Å².